The van der Waals surface area contributed by atoms with E-state index >= 15 is 0 Å². The van der Waals surface area contributed by atoms with E-state index in [-0.39, 0.29) is 5.91 Å². The Morgan fingerprint density at radius 3 is 2.89 bits per heavy atom. The lowest BCUT2D eigenvalue weighted by atomic mass is 10.1. The van der Waals surface area contributed by atoms with Crippen LogP contribution in [0.15, 0.2) is 36.5 Å². The molecule has 2 aromatic heterocycles. The molecule has 5 heteroatoms. The van der Waals surface area contributed by atoms with Crippen LogP contribution < -0.4 is 5.32 Å². The van der Waals surface area contributed by atoms with E-state index in [0.29, 0.717) is 11.4 Å². The number of hydrogen-bond acceptors (Lipinski definition) is 2. The summed E-state index contributed by atoms with van der Waals surface area (Å²) in [6.45, 7) is 1.89. The Morgan fingerprint density at radius 2 is 2.16 bits per heavy atom. The minimum Gasteiger partial charge on any atom is -0.361 e. The molecule has 1 amide bonds. The predicted molar refractivity (Wildman–Crippen MR) is 74.2 cm³/mol. The Morgan fingerprint density at radius 1 is 1.32 bits per heavy atom. The largest absolute Gasteiger partial charge is 0.361 e. The lowest BCUT2D eigenvalue weighted by Gasteiger charge is -2.05. The number of nitrogens with zero attached hydrogens (tertiary/aromatic N) is 2. The first-order valence-corrected chi connectivity index (χ1v) is 6.02. The van der Waals surface area contributed by atoms with Gasteiger partial charge in [0.05, 0.1) is 5.69 Å². The summed E-state index contributed by atoms with van der Waals surface area (Å²) in [6.07, 6.45) is 1.86. The van der Waals surface area contributed by atoms with Crippen molar-refractivity contribution < 1.29 is 4.79 Å². The standard InChI is InChI=1S/C14H14N4O/c1-9-7-13(18(2)17-9)16-14(19)11-4-3-10-5-6-15-12(10)8-11/h3-8,15H,1-2H3,(H,16,19). The number of nitrogens with one attached hydrogen (secondary N) is 2. The average molecular weight is 254 g/mol. The van der Waals surface area contributed by atoms with Crippen molar-refractivity contribution in [1.29, 1.82) is 0 Å². The molecule has 2 heterocycles. The third kappa shape index (κ3) is 2.10. The average Bonchev–Trinajstić information content (AvgIpc) is 2.95. The smallest absolute Gasteiger partial charge is 0.256 e. The van der Waals surface area contributed by atoms with E-state index in [1.165, 1.54) is 0 Å². The second kappa shape index (κ2) is 4.28. The van der Waals surface area contributed by atoms with Gasteiger partial charge in [-0.3, -0.25) is 9.48 Å². The quantitative estimate of drug-likeness (QED) is 0.738. The number of rotatable bonds is 2. The summed E-state index contributed by atoms with van der Waals surface area (Å²) in [6, 6.07) is 9.39. The first-order valence-electron chi connectivity index (χ1n) is 6.02. The van der Waals surface area contributed by atoms with Crippen molar-refractivity contribution in [2.24, 2.45) is 7.05 Å². The van der Waals surface area contributed by atoms with E-state index in [2.05, 4.69) is 15.4 Å². The van der Waals surface area contributed by atoms with E-state index in [0.717, 1.165) is 16.6 Å². The van der Waals surface area contributed by atoms with Crippen LogP contribution >= 0.6 is 0 Å². The summed E-state index contributed by atoms with van der Waals surface area (Å²) in [7, 11) is 1.80. The Bertz CT molecular complexity index is 754. The van der Waals surface area contributed by atoms with Crippen LogP contribution in [-0.4, -0.2) is 20.7 Å². The molecule has 0 spiro atoms. The van der Waals surface area contributed by atoms with Gasteiger partial charge in [0.25, 0.3) is 5.91 Å². The zero-order valence-corrected chi connectivity index (χ0v) is 10.8. The van der Waals surface area contributed by atoms with Gasteiger partial charge in [0.1, 0.15) is 5.82 Å². The highest BCUT2D eigenvalue weighted by atomic mass is 16.1. The van der Waals surface area contributed by atoms with Crippen LogP contribution in [0.25, 0.3) is 10.9 Å². The van der Waals surface area contributed by atoms with Crippen molar-refractivity contribution in [2.45, 2.75) is 6.92 Å². The molecule has 0 radical (unpaired) electrons. The molecule has 96 valence electrons. The van der Waals surface area contributed by atoms with Crippen molar-refractivity contribution in [1.82, 2.24) is 14.8 Å². The third-order valence-corrected chi connectivity index (χ3v) is 3.06. The molecule has 5 nitrogen and oxygen atoms in total. The molecule has 0 aliphatic carbocycles. The molecule has 0 fully saturated rings. The Balaban J connectivity index is 1.89. The first-order chi connectivity index (χ1) is 9.13. The Hall–Kier alpha value is -2.56. The van der Waals surface area contributed by atoms with Crippen LogP contribution in [0.4, 0.5) is 5.82 Å². The van der Waals surface area contributed by atoms with Crippen LogP contribution in [0.2, 0.25) is 0 Å². The molecule has 0 unspecified atom stereocenters. The van der Waals surface area contributed by atoms with Gasteiger partial charge in [-0.25, -0.2) is 0 Å². The Labute approximate surface area is 110 Å². The molecule has 0 saturated heterocycles. The fraction of sp³-hybridized carbons (Fsp3) is 0.143. The SMILES string of the molecule is Cc1cc(NC(=O)c2ccc3cc[nH]c3c2)n(C)n1. The molecule has 3 rings (SSSR count). The number of carbonyl (C=O) groups excluding carboxylic acids is 1. The van der Waals surface area contributed by atoms with E-state index in [1.54, 1.807) is 11.7 Å². The fourth-order valence-electron chi connectivity index (χ4n) is 2.11. The summed E-state index contributed by atoms with van der Waals surface area (Å²) >= 11 is 0. The van der Waals surface area contributed by atoms with Gasteiger partial charge in [0.2, 0.25) is 0 Å². The number of fused-ring (bicyclic) bond motifs is 1. The maximum absolute atomic E-state index is 12.2. The number of aryl methyl sites for hydroxylation is 2. The number of amides is 1. The number of anilines is 1. The molecule has 3 aromatic rings. The van der Waals surface area contributed by atoms with Crippen LogP contribution in [0.3, 0.4) is 0 Å². The first kappa shape index (κ1) is 11.5. The topological polar surface area (TPSA) is 62.7 Å². The minimum atomic E-state index is -0.139. The van der Waals surface area contributed by atoms with Gasteiger partial charge in [0.15, 0.2) is 0 Å². The van der Waals surface area contributed by atoms with Crippen LogP contribution in [0.1, 0.15) is 16.1 Å². The number of benzene rings is 1. The highest BCUT2D eigenvalue weighted by Gasteiger charge is 2.10. The number of aromatic nitrogens is 3. The zero-order chi connectivity index (χ0) is 13.4. The maximum atomic E-state index is 12.2. The lowest BCUT2D eigenvalue weighted by molar-refractivity contribution is 0.102. The molecule has 0 atom stereocenters. The van der Waals surface area contributed by atoms with Crippen molar-refractivity contribution in [3.63, 3.8) is 0 Å². The summed E-state index contributed by atoms with van der Waals surface area (Å²) in [5.74, 6) is 0.550. The van der Waals surface area contributed by atoms with Crippen molar-refractivity contribution in [3.8, 4) is 0 Å². The van der Waals surface area contributed by atoms with E-state index in [9.17, 15) is 4.79 Å². The highest BCUT2D eigenvalue weighted by Crippen LogP contribution is 2.16. The summed E-state index contributed by atoms with van der Waals surface area (Å²) in [5.41, 5.74) is 2.44. The van der Waals surface area contributed by atoms with Gasteiger partial charge < -0.3 is 10.3 Å². The zero-order valence-electron chi connectivity index (χ0n) is 10.8. The molecular formula is C14H14N4O. The van der Waals surface area contributed by atoms with Crippen LogP contribution in [0, 0.1) is 6.92 Å². The summed E-state index contributed by atoms with van der Waals surface area (Å²) in [5, 5.41) is 8.14. The second-order valence-corrected chi connectivity index (χ2v) is 4.53. The van der Waals surface area contributed by atoms with Gasteiger partial charge in [0, 0.05) is 30.4 Å². The molecule has 0 aliphatic rings. The van der Waals surface area contributed by atoms with Gasteiger partial charge in [-0.05, 0) is 30.5 Å². The highest BCUT2D eigenvalue weighted by molar-refractivity contribution is 6.05. The van der Waals surface area contributed by atoms with E-state index in [4.69, 9.17) is 0 Å². The third-order valence-electron chi connectivity index (χ3n) is 3.06. The second-order valence-electron chi connectivity index (χ2n) is 4.53. The van der Waals surface area contributed by atoms with Gasteiger partial charge in [-0.15, -0.1) is 0 Å². The Kier molecular flexibility index (Phi) is 2.59. The molecule has 1 aromatic carbocycles. The number of carbonyl (C=O) groups is 1. The predicted octanol–water partition coefficient (Wildman–Crippen LogP) is 2.46. The molecule has 19 heavy (non-hydrogen) atoms. The lowest BCUT2D eigenvalue weighted by Crippen LogP contribution is -2.14. The number of H-pyrrole nitrogens is 1. The van der Waals surface area contributed by atoms with Gasteiger partial charge in [-0.1, -0.05) is 6.07 Å². The van der Waals surface area contributed by atoms with Crippen molar-refractivity contribution in [2.75, 3.05) is 5.32 Å². The number of aromatic amines is 1. The van der Waals surface area contributed by atoms with E-state index < -0.39 is 0 Å². The molecule has 2 N–H and O–H groups in total. The molecule has 0 saturated carbocycles. The normalized spacial score (nSPS) is 10.8. The van der Waals surface area contributed by atoms with Crippen molar-refractivity contribution >= 4 is 22.6 Å². The molecule has 0 aliphatic heterocycles. The summed E-state index contributed by atoms with van der Waals surface area (Å²) < 4.78 is 1.65. The monoisotopic (exact) mass is 254 g/mol. The van der Waals surface area contributed by atoms with Crippen molar-refractivity contribution in [3.05, 3.63) is 47.8 Å². The van der Waals surface area contributed by atoms with Gasteiger partial charge >= 0.3 is 0 Å². The minimum absolute atomic E-state index is 0.139. The fourth-order valence-corrected chi connectivity index (χ4v) is 2.11. The maximum Gasteiger partial charge on any atom is 0.256 e. The van der Waals surface area contributed by atoms with E-state index in [1.807, 2.05) is 43.5 Å². The summed E-state index contributed by atoms with van der Waals surface area (Å²) in [4.78, 5) is 15.3. The van der Waals surface area contributed by atoms with Gasteiger partial charge in [-0.2, -0.15) is 5.10 Å². The van der Waals surface area contributed by atoms with Crippen LogP contribution in [0.5, 0.6) is 0 Å². The molecular weight excluding hydrogens is 240 g/mol. The molecule has 0 bridgehead atoms. The number of hydrogen-bond donors (Lipinski definition) is 2. The van der Waals surface area contributed by atoms with Crippen LogP contribution in [-0.2, 0) is 7.05 Å².